The van der Waals surface area contributed by atoms with Gasteiger partial charge in [-0.3, -0.25) is 4.79 Å². The van der Waals surface area contributed by atoms with Crippen LogP contribution >= 0.6 is 11.6 Å². The SMILES string of the molecule is COC(=O)c1cc(Cl)c(N2C(=O)[C@@H]3C[C@@H](OC)CCN3C2=O)cc1OC. The van der Waals surface area contributed by atoms with E-state index in [9.17, 15) is 14.4 Å². The van der Waals surface area contributed by atoms with Gasteiger partial charge in [-0.25, -0.2) is 14.5 Å². The molecule has 140 valence electrons. The molecule has 2 saturated heterocycles. The summed E-state index contributed by atoms with van der Waals surface area (Å²) in [7, 11) is 4.20. The van der Waals surface area contributed by atoms with Crippen molar-refractivity contribution in [3.63, 3.8) is 0 Å². The van der Waals surface area contributed by atoms with Crippen LogP contribution in [0.4, 0.5) is 10.5 Å². The highest BCUT2D eigenvalue weighted by Crippen LogP contribution is 2.38. The highest BCUT2D eigenvalue weighted by Gasteiger charge is 2.49. The van der Waals surface area contributed by atoms with E-state index in [0.29, 0.717) is 19.4 Å². The molecule has 8 nitrogen and oxygen atoms in total. The normalized spacial score (nSPS) is 22.5. The zero-order valence-electron chi connectivity index (χ0n) is 14.7. The second kappa shape index (κ2) is 7.13. The Morgan fingerprint density at radius 2 is 1.96 bits per heavy atom. The lowest BCUT2D eigenvalue weighted by Gasteiger charge is -2.31. The first-order valence-corrected chi connectivity index (χ1v) is 8.43. The summed E-state index contributed by atoms with van der Waals surface area (Å²) in [5, 5.41) is 0.0797. The summed E-state index contributed by atoms with van der Waals surface area (Å²) in [5.41, 5.74) is 0.287. The predicted octanol–water partition coefficient (Wildman–Crippen LogP) is 2.08. The second-order valence-electron chi connectivity index (χ2n) is 6.04. The quantitative estimate of drug-likeness (QED) is 0.585. The second-order valence-corrected chi connectivity index (χ2v) is 6.45. The molecular formula is C17H19ClN2O6. The number of hydrogen-bond acceptors (Lipinski definition) is 6. The number of halogens is 1. The maximum Gasteiger partial charge on any atom is 0.341 e. The first-order chi connectivity index (χ1) is 12.4. The Morgan fingerprint density at radius 1 is 1.23 bits per heavy atom. The average Bonchev–Trinajstić information content (AvgIpc) is 2.91. The van der Waals surface area contributed by atoms with Gasteiger partial charge in [0.1, 0.15) is 17.4 Å². The van der Waals surface area contributed by atoms with Crippen molar-refractivity contribution in [2.24, 2.45) is 0 Å². The minimum Gasteiger partial charge on any atom is -0.496 e. The fraction of sp³-hybridized carbons (Fsp3) is 0.471. The van der Waals surface area contributed by atoms with E-state index >= 15 is 0 Å². The number of anilines is 1. The van der Waals surface area contributed by atoms with Crippen LogP contribution in [0.5, 0.6) is 5.75 Å². The number of hydrogen-bond donors (Lipinski definition) is 0. The molecule has 0 N–H and O–H groups in total. The molecule has 3 rings (SSSR count). The zero-order chi connectivity index (χ0) is 19.0. The van der Waals surface area contributed by atoms with Crippen LogP contribution in [0.3, 0.4) is 0 Å². The van der Waals surface area contributed by atoms with Crippen molar-refractivity contribution in [2.75, 3.05) is 32.8 Å². The minimum atomic E-state index is -0.630. The van der Waals surface area contributed by atoms with Gasteiger partial charge in [0.15, 0.2) is 0 Å². The maximum atomic E-state index is 12.9. The third kappa shape index (κ3) is 2.89. The largest absolute Gasteiger partial charge is 0.496 e. The van der Waals surface area contributed by atoms with Crippen LogP contribution in [-0.2, 0) is 14.3 Å². The Labute approximate surface area is 155 Å². The van der Waals surface area contributed by atoms with Gasteiger partial charge in [0, 0.05) is 26.1 Å². The lowest BCUT2D eigenvalue weighted by molar-refractivity contribution is -0.121. The van der Waals surface area contributed by atoms with E-state index in [1.807, 2.05) is 0 Å². The van der Waals surface area contributed by atoms with Gasteiger partial charge in [0.05, 0.1) is 31.0 Å². The molecule has 0 radical (unpaired) electrons. The number of rotatable bonds is 4. The Balaban J connectivity index is 2.00. The number of methoxy groups -OCH3 is 3. The van der Waals surface area contributed by atoms with Crippen LogP contribution in [0.15, 0.2) is 12.1 Å². The predicted molar refractivity (Wildman–Crippen MR) is 92.8 cm³/mol. The number of ether oxygens (including phenoxy) is 3. The molecule has 0 bridgehead atoms. The average molecular weight is 383 g/mol. The van der Waals surface area contributed by atoms with Crippen LogP contribution in [0, 0.1) is 0 Å². The Bertz CT molecular complexity index is 768. The fourth-order valence-corrected chi connectivity index (χ4v) is 3.60. The van der Waals surface area contributed by atoms with Gasteiger partial charge in [-0.05, 0) is 12.5 Å². The Hall–Kier alpha value is -2.32. The Kier molecular flexibility index (Phi) is 5.06. The molecule has 2 atom stereocenters. The minimum absolute atomic E-state index is 0.0698. The first kappa shape index (κ1) is 18.5. The van der Waals surface area contributed by atoms with Gasteiger partial charge in [0.25, 0.3) is 5.91 Å². The van der Waals surface area contributed by atoms with Crippen molar-refractivity contribution in [3.05, 3.63) is 22.7 Å². The van der Waals surface area contributed by atoms with E-state index in [0.717, 1.165) is 4.90 Å². The lowest BCUT2D eigenvalue weighted by Crippen LogP contribution is -2.44. The van der Waals surface area contributed by atoms with E-state index in [1.54, 1.807) is 7.11 Å². The monoisotopic (exact) mass is 382 g/mol. The number of urea groups is 1. The highest BCUT2D eigenvalue weighted by atomic mass is 35.5. The Morgan fingerprint density at radius 3 is 2.58 bits per heavy atom. The zero-order valence-corrected chi connectivity index (χ0v) is 15.4. The number of carbonyl (C=O) groups is 3. The van der Waals surface area contributed by atoms with Gasteiger partial charge in [-0.1, -0.05) is 11.6 Å². The van der Waals surface area contributed by atoms with Crippen LogP contribution in [0.1, 0.15) is 23.2 Å². The molecule has 2 heterocycles. The standard InChI is InChI=1S/C17H19ClN2O6/c1-24-9-4-5-19-13(6-9)15(21)20(17(19)23)12-8-14(25-2)10(7-11(12)18)16(22)26-3/h7-9,13H,4-6H2,1-3H3/t9-,13-/m0/s1. The first-order valence-electron chi connectivity index (χ1n) is 8.06. The van der Waals surface area contributed by atoms with Gasteiger partial charge in [0.2, 0.25) is 0 Å². The van der Waals surface area contributed by atoms with Crippen LogP contribution in [0.2, 0.25) is 5.02 Å². The molecular weight excluding hydrogens is 364 g/mol. The summed E-state index contributed by atoms with van der Waals surface area (Å²) in [4.78, 5) is 40.0. The molecule has 0 saturated carbocycles. The molecule has 3 amide bonds. The number of benzene rings is 1. The van der Waals surface area contributed by atoms with E-state index in [1.165, 1.54) is 31.3 Å². The van der Waals surface area contributed by atoms with Crippen molar-refractivity contribution in [3.8, 4) is 5.75 Å². The molecule has 0 unspecified atom stereocenters. The fourth-order valence-electron chi connectivity index (χ4n) is 3.36. The van der Waals surface area contributed by atoms with Gasteiger partial charge in [-0.15, -0.1) is 0 Å². The van der Waals surface area contributed by atoms with Crippen LogP contribution in [-0.4, -0.2) is 62.8 Å². The number of fused-ring (bicyclic) bond motifs is 1. The molecule has 0 spiro atoms. The molecule has 2 fully saturated rings. The summed E-state index contributed by atoms with van der Waals surface area (Å²) >= 11 is 6.27. The van der Waals surface area contributed by atoms with Crippen LogP contribution in [0.25, 0.3) is 0 Å². The van der Waals surface area contributed by atoms with E-state index < -0.39 is 18.0 Å². The van der Waals surface area contributed by atoms with Gasteiger partial charge in [-0.2, -0.15) is 0 Å². The van der Waals surface area contributed by atoms with Crippen molar-refractivity contribution in [1.82, 2.24) is 4.90 Å². The molecule has 26 heavy (non-hydrogen) atoms. The lowest BCUT2D eigenvalue weighted by atomic mass is 10.0. The highest BCUT2D eigenvalue weighted by molar-refractivity contribution is 6.36. The summed E-state index contributed by atoms with van der Waals surface area (Å²) in [6.45, 7) is 0.430. The van der Waals surface area contributed by atoms with Crippen LogP contribution < -0.4 is 9.64 Å². The van der Waals surface area contributed by atoms with E-state index in [4.69, 9.17) is 25.8 Å². The molecule has 1 aromatic carbocycles. The van der Waals surface area contributed by atoms with Crippen molar-refractivity contribution in [2.45, 2.75) is 25.0 Å². The molecule has 0 aliphatic carbocycles. The van der Waals surface area contributed by atoms with Crippen molar-refractivity contribution >= 4 is 35.2 Å². The van der Waals surface area contributed by atoms with Gasteiger partial charge >= 0.3 is 12.0 Å². The topological polar surface area (TPSA) is 85.4 Å². The molecule has 2 aliphatic rings. The number of piperidine rings is 1. The smallest absolute Gasteiger partial charge is 0.341 e. The number of esters is 1. The third-order valence-electron chi connectivity index (χ3n) is 4.75. The van der Waals surface area contributed by atoms with Crippen molar-refractivity contribution in [1.29, 1.82) is 0 Å². The maximum absolute atomic E-state index is 12.9. The van der Waals surface area contributed by atoms with Gasteiger partial charge < -0.3 is 19.1 Å². The number of amides is 3. The number of carbonyl (C=O) groups excluding carboxylic acids is 3. The summed E-state index contributed by atoms with van der Waals surface area (Å²) in [6.07, 6.45) is 1.03. The van der Waals surface area contributed by atoms with Crippen molar-refractivity contribution < 1.29 is 28.6 Å². The number of nitrogens with zero attached hydrogens (tertiary/aromatic N) is 2. The number of imide groups is 1. The molecule has 1 aromatic rings. The van der Waals surface area contributed by atoms with E-state index in [2.05, 4.69) is 0 Å². The molecule has 2 aliphatic heterocycles. The molecule has 9 heteroatoms. The van der Waals surface area contributed by atoms with E-state index in [-0.39, 0.29) is 34.0 Å². The summed E-state index contributed by atoms with van der Waals surface area (Å²) in [5.74, 6) is -0.835. The summed E-state index contributed by atoms with van der Waals surface area (Å²) < 4.78 is 15.2. The molecule has 0 aromatic heterocycles. The summed E-state index contributed by atoms with van der Waals surface area (Å²) in [6, 6.07) is 1.71. The third-order valence-corrected chi connectivity index (χ3v) is 5.05.